The number of nitrogens with zero attached hydrogens (tertiary/aromatic N) is 3. The van der Waals surface area contributed by atoms with Crippen molar-refractivity contribution in [2.45, 2.75) is 25.8 Å². The summed E-state index contributed by atoms with van der Waals surface area (Å²) < 4.78 is 5.41. The molecule has 2 aliphatic rings. The van der Waals surface area contributed by atoms with Crippen molar-refractivity contribution in [1.82, 2.24) is 15.1 Å². The molecule has 2 saturated heterocycles. The standard InChI is InChI=1S/C27H31N5O3/c33-26-16-22(19-32(26)24-10-7-21(8-11-24)18-31-12-14-35-15-13-31)27(34)28-25-17-23(29-30-25)9-6-20-4-2-1-3-5-20/h1-5,7-8,10-11,17,22H,6,9,12-16,18-19H2,(H2,28,29,30,34). The first-order chi connectivity index (χ1) is 17.1. The van der Waals surface area contributed by atoms with Gasteiger partial charge in [-0.2, -0.15) is 5.10 Å². The lowest BCUT2D eigenvalue weighted by Crippen LogP contribution is -2.35. The van der Waals surface area contributed by atoms with Gasteiger partial charge in [0.15, 0.2) is 5.82 Å². The second-order valence-electron chi connectivity index (χ2n) is 9.21. The lowest BCUT2D eigenvalue weighted by Gasteiger charge is -2.26. The Morgan fingerprint density at radius 1 is 1.03 bits per heavy atom. The number of rotatable bonds is 8. The number of carbonyl (C=O) groups excluding carboxylic acids is 2. The third-order valence-corrected chi connectivity index (χ3v) is 6.66. The van der Waals surface area contributed by atoms with Crippen LogP contribution in [0, 0.1) is 5.92 Å². The molecule has 0 bridgehead atoms. The first kappa shape index (κ1) is 23.3. The Kier molecular flexibility index (Phi) is 7.20. The number of nitrogens with one attached hydrogen (secondary N) is 2. The van der Waals surface area contributed by atoms with Crippen LogP contribution in [0.3, 0.4) is 0 Å². The van der Waals surface area contributed by atoms with Gasteiger partial charge in [0.25, 0.3) is 0 Å². The fraction of sp³-hybridized carbons (Fsp3) is 0.370. The summed E-state index contributed by atoms with van der Waals surface area (Å²) >= 11 is 0. The largest absolute Gasteiger partial charge is 0.379 e. The maximum Gasteiger partial charge on any atom is 0.231 e. The lowest BCUT2D eigenvalue weighted by atomic mass is 10.1. The van der Waals surface area contributed by atoms with E-state index in [4.69, 9.17) is 4.74 Å². The van der Waals surface area contributed by atoms with E-state index in [-0.39, 0.29) is 18.2 Å². The molecule has 2 aromatic carbocycles. The highest BCUT2D eigenvalue weighted by Gasteiger charge is 2.35. The molecule has 8 nitrogen and oxygen atoms in total. The van der Waals surface area contributed by atoms with Crippen LogP contribution in [0.4, 0.5) is 11.5 Å². The van der Waals surface area contributed by atoms with Gasteiger partial charge in [0.05, 0.1) is 19.1 Å². The van der Waals surface area contributed by atoms with Crippen molar-refractivity contribution >= 4 is 23.3 Å². The van der Waals surface area contributed by atoms with E-state index < -0.39 is 5.92 Å². The number of aromatic nitrogens is 2. The molecule has 182 valence electrons. The summed E-state index contributed by atoms with van der Waals surface area (Å²) in [6, 6.07) is 20.2. The van der Waals surface area contributed by atoms with Crippen LogP contribution >= 0.6 is 0 Å². The zero-order chi connectivity index (χ0) is 24.0. The zero-order valence-corrected chi connectivity index (χ0v) is 19.8. The van der Waals surface area contributed by atoms with Gasteiger partial charge in [-0.3, -0.25) is 19.6 Å². The molecule has 2 aliphatic heterocycles. The predicted molar refractivity (Wildman–Crippen MR) is 134 cm³/mol. The van der Waals surface area contributed by atoms with Crippen LogP contribution in [-0.4, -0.2) is 59.8 Å². The van der Waals surface area contributed by atoms with Gasteiger partial charge in [-0.25, -0.2) is 0 Å². The number of aromatic amines is 1. The maximum absolute atomic E-state index is 12.8. The SMILES string of the molecule is O=C(Nc1cc(CCc2ccccc2)[nH]n1)C1CC(=O)N(c2ccc(CN3CCOCC3)cc2)C1. The summed E-state index contributed by atoms with van der Waals surface area (Å²) in [4.78, 5) is 29.6. The number of anilines is 2. The highest BCUT2D eigenvalue weighted by Crippen LogP contribution is 2.26. The highest BCUT2D eigenvalue weighted by atomic mass is 16.5. The van der Waals surface area contributed by atoms with Gasteiger partial charge in [-0.1, -0.05) is 42.5 Å². The highest BCUT2D eigenvalue weighted by molar-refractivity contribution is 6.03. The number of H-pyrrole nitrogens is 1. The fourth-order valence-electron chi connectivity index (χ4n) is 4.64. The monoisotopic (exact) mass is 473 g/mol. The quantitative estimate of drug-likeness (QED) is 0.525. The van der Waals surface area contributed by atoms with Crippen molar-refractivity contribution in [3.8, 4) is 0 Å². The molecule has 2 amide bonds. The molecule has 0 radical (unpaired) electrons. The molecule has 1 aromatic heterocycles. The van der Waals surface area contributed by atoms with Gasteiger partial charge in [-0.15, -0.1) is 0 Å². The molecule has 0 spiro atoms. The van der Waals surface area contributed by atoms with Crippen molar-refractivity contribution in [3.05, 3.63) is 77.5 Å². The number of hydrogen-bond acceptors (Lipinski definition) is 5. The third kappa shape index (κ3) is 5.96. The Balaban J connectivity index is 1.13. The van der Waals surface area contributed by atoms with Crippen LogP contribution in [0.2, 0.25) is 0 Å². The van der Waals surface area contributed by atoms with E-state index >= 15 is 0 Å². The Morgan fingerprint density at radius 2 is 1.80 bits per heavy atom. The first-order valence-corrected chi connectivity index (χ1v) is 12.2. The number of amides is 2. The summed E-state index contributed by atoms with van der Waals surface area (Å²) in [7, 11) is 0. The number of aryl methyl sites for hydroxylation is 2. The predicted octanol–water partition coefficient (Wildman–Crippen LogP) is 3.02. The molecule has 2 fully saturated rings. The van der Waals surface area contributed by atoms with Crippen molar-refractivity contribution < 1.29 is 14.3 Å². The molecule has 0 aliphatic carbocycles. The average Bonchev–Trinajstić information content (AvgIpc) is 3.51. The van der Waals surface area contributed by atoms with E-state index in [0.717, 1.165) is 57.1 Å². The summed E-state index contributed by atoms with van der Waals surface area (Å²) in [6.07, 6.45) is 1.91. The summed E-state index contributed by atoms with van der Waals surface area (Å²) in [6.45, 7) is 4.67. The number of carbonyl (C=O) groups is 2. The minimum atomic E-state index is -0.403. The number of ether oxygens (including phenoxy) is 1. The van der Waals surface area contributed by atoms with E-state index in [1.807, 2.05) is 36.4 Å². The van der Waals surface area contributed by atoms with E-state index in [0.29, 0.717) is 12.4 Å². The Morgan fingerprint density at radius 3 is 2.57 bits per heavy atom. The van der Waals surface area contributed by atoms with Gasteiger partial charge in [0.2, 0.25) is 11.8 Å². The van der Waals surface area contributed by atoms with Crippen LogP contribution in [0.5, 0.6) is 0 Å². The Labute approximate surface area is 205 Å². The third-order valence-electron chi connectivity index (χ3n) is 6.66. The van der Waals surface area contributed by atoms with E-state index in [1.165, 1.54) is 11.1 Å². The van der Waals surface area contributed by atoms with E-state index in [1.54, 1.807) is 4.90 Å². The molecule has 8 heteroatoms. The van der Waals surface area contributed by atoms with Crippen LogP contribution in [0.1, 0.15) is 23.2 Å². The van der Waals surface area contributed by atoms with Gasteiger partial charge in [-0.05, 0) is 36.1 Å². The molecule has 1 atom stereocenters. The fourth-order valence-corrected chi connectivity index (χ4v) is 4.64. The van der Waals surface area contributed by atoms with Crippen molar-refractivity contribution in [2.75, 3.05) is 43.1 Å². The molecule has 3 aromatic rings. The van der Waals surface area contributed by atoms with Gasteiger partial charge in [0.1, 0.15) is 0 Å². The van der Waals surface area contributed by atoms with Crippen LogP contribution in [-0.2, 0) is 33.7 Å². The van der Waals surface area contributed by atoms with E-state index in [9.17, 15) is 9.59 Å². The molecule has 35 heavy (non-hydrogen) atoms. The summed E-state index contributed by atoms with van der Waals surface area (Å²) in [5, 5.41) is 10.1. The molecule has 5 rings (SSSR count). The molecule has 2 N–H and O–H groups in total. The van der Waals surface area contributed by atoms with Crippen LogP contribution in [0.15, 0.2) is 60.7 Å². The molecular weight excluding hydrogens is 442 g/mol. The molecule has 3 heterocycles. The number of hydrogen-bond donors (Lipinski definition) is 2. The van der Waals surface area contributed by atoms with Gasteiger partial charge in [0, 0.05) is 50.0 Å². The Hall–Kier alpha value is -3.49. The second kappa shape index (κ2) is 10.8. The first-order valence-electron chi connectivity index (χ1n) is 12.2. The van der Waals surface area contributed by atoms with Crippen molar-refractivity contribution in [1.29, 1.82) is 0 Å². The zero-order valence-electron chi connectivity index (χ0n) is 19.8. The van der Waals surface area contributed by atoms with Gasteiger partial charge < -0.3 is 15.0 Å². The minimum Gasteiger partial charge on any atom is -0.379 e. The normalized spacial score (nSPS) is 18.7. The number of morpholine rings is 1. The van der Waals surface area contributed by atoms with Crippen molar-refractivity contribution in [3.63, 3.8) is 0 Å². The molecular formula is C27H31N5O3. The van der Waals surface area contributed by atoms with E-state index in [2.05, 4.69) is 44.7 Å². The minimum absolute atomic E-state index is 0.0309. The van der Waals surface area contributed by atoms with Crippen LogP contribution < -0.4 is 10.2 Å². The topological polar surface area (TPSA) is 90.6 Å². The smallest absolute Gasteiger partial charge is 0.231 e. The molecule has 1 unspecified atom stereocenters. The van der Waals surface area contributed by atoms with Gasteiger partial charge >= 0.3 is 0 Å². The average molecular weight is 474 g/mol. The van der Waals surface area contributed by atoms with Crippen molar-refractivity contribution in [2.24, 2.45) is 5.92 Å². The maximum atomic E-state index is 12.8. The molecule has 0 saturated carbocycles. The second-order valence-corrected chi connectivity index (χ2v) is 9.21. The van der Waals surface area contributed by atoms with Crippen LogP contribution in [0.25, 0.3) is 0 Å². The lowest BCUT2D eigenvalue weighted by molar-refractivity contribution is -0.122. The number of benzene rings is 2. The summed E-state index contributed by atoms with van der Waals surface area (Å²) in [5.41, 5.74) is 4.26. The summed E-state index contributed by atoms with van der Waals surface area (Å²) in [5.74, 6) is -0.112. The Bertz CT molecular complexity index is 1140.